The lowest BCUT2D eigenvalue weighted by atomic mass is 10.1. The summed E-state index contributed by atoms with van der Waals surface area (Å²) >= 11 is 0. The zero-order valence-corrected chi connectivity index (χ0v) is 18.9. The van der Waals surface area contributed by atoms with Crippen molar-refractivity contribution < 1.29 is 23.5 Å². The van der Waals surface area contributed by atoms with Crippen LogP contribution in [0.15, 0.2) is 65.2 Å². The Hall–Kier alpha value is -4.07. The van der Waals surface area contributed by atoms with E-state index in [0.29, 0.717) is 34.5 Å². The number of hydrogen-bond acceptors (Lipinski definition) is 7. The third kappa shape index (κ3) is 4.74. The Balaban J connectivity index is 1.45. The number of methoxy groups -OCH3 is 2. The van der Waals surface area contributed by atoms with Crippen molar-refractivity contribution in [1.29, 1.82) is 0 Å². The van der Waals surface area contributed by atoms with Crippen LogP contribution in [0.1, 0.15) is 12.8 Å². The molecule has 0 bridgehead atoms. The van der Waals surface area contributed by atoms with Gasteiger partial charge in [-0.1, -0.05) is 41.6 Å². The van der Waals surface area contributed by atoms with E-state index >= 15 is 0 Å². The molecule has 0 aliphatic heterocycles. The maximum Gasteiger partial charge on any atom is 0.263 e. The number of likely N-dealkylation sites (N-methyl/N-ethyl adjacent to an activating group) is 1. The van der Waals surface area contributed by atoms with E-state index in [0.717, 1.165) is 10.8 Å². The van der Waals surface area contributed by atoms with Crippen molar-refractivity contribution in [2.45, 2.75) is 19.6 Å². The first-order valence-electron chi connectivity index (χ1n) is 10.4. The predicted octanol–water partition coefficient (Wildman–Crippen LogP) is 4.33. The molecule has 1 heterocycles. The molecule has 0 aliphatic rings. The number of aromatic nitrogens is 2. The molecule has 0 spiro atoms. The van der Waals surface area contributed by atoms with Crippen LogP contribution in [-0.2, 0) is 11.3 Å². The van der Waals surface area contributed by atoms with Crippen LogP contribution in [0.3, 0.4) is 0 Å². The molecule has 1 aromatic heterocycles. The van der Waals surface area contributed by atoms with Gasteiger partial charge in [0.2, 0.25) is 11.7 Å². The van der Waals surface area contributed by atoms with Crippen molar-refractivity contribution >= 4 is 16.7 Å². The first-order valence-corrected chi connectivity index (χ1v) is 10.4. The molecule has 0 saturated heterocycles. The van der Waals surface area contributed by atoms with Gasteiger partial charge in [-0.3, -0.25) is 4.79 Å². The molecule has 0 aliphatic carbocycles. The van der Waals surface area contributed by atoms with Crippen molar-refractivity contribution in [2.75, 3.05) is 21.3 Å². The van der Waals surface area contributed by atoms with E-state index in [9.17, 15) is 4.79 Å². The molecule has 33 heavy (non-hydrogen) atoms. The molecule has 0 N–H and O–H groups in total. The minimum Gasteiger partial charge on any atom is -0.497 e. The highest BCUT2D eigenvalue weighted by molar-refractivity contribution is 5.89. The van der Waals surface area contributed by atoms with E-state index in [-0.39, 0.29) is 12.5 Å². The van der Waals surface area contributed by atoms with Crippen LogP contribution in [-0.4, -0.2) is 48.3 Å². The van der Waals surface area contributed by atoms with Gasteiger partial charge in [0, 0.05) is 18.5 Å². The molecule has 8 nitrogen and oxygen atoms in total. The first-order chi connectivity index (χ1) is 16.0. The average molecular weight is 447 g/mol. The Labute approximate surface area is 191 Å². The largest absolute Gasteiger partial charge is 0.497 e. The van der Waals surface area contributed by atoms with Gasteiger partial charge in [-0.2, -0.15) is 4.98 Å². The third-order valence-corrected chi connectivity index (χ3v) is 5.27. The van der Waals surface area contributed by atoms with Gasteiger partial charge >= 0.3 is 0 Å². The van der Waals surface area contributed by atoms with Crippen LogP contribution >= 0.6 is 0 Å². The monoisotopic (exact) mass is 447 g/mol. The van der Waals surface area contributed by atoms with Crippen molar-refractivity contribution in [3.8, 4) is 28.6 Å². The summed E-state index contributed by atoms with van der Waals surface area (Å²) in [6, 6.07) is 19.0. The highest BCUT2D eigenvalue weighted by atomic mass is 16.5. The summed E-state index contributed by atoms with van der Waals surface area (Å²) in [6.45, 7) is 1.87. The van der Waals surface area contributed by atoms with Crippen LogP contribution in [0, 0.1) is 0 Å². The zero-order valence-electron chi connectivity index (χ0n) is 18.9. The quantitative estimate of drug-likeness (QED) is 0.397. The zero-order chi connectivity index (χ0) is 23.4. The number of hydrogen-bond donors (Lipinski definition) is 0. The minimum absolute atomic E-state index is 0.146. The van der Waals surface area contributed by atoms with E-state index in [1.807, 2.05) is 42.5 Å². The Morgan fingerprint density at radius 2 is 1.82 bits per heavy atom. The molecule has 1 unspecified atom stereocenters. The maximum absolute atomic E-state index is 12.9. The SMILES string of the molecule is COc1ccc(-c2noc(CN(C)C(=O)C(C)Oc3cccc4ccccc34)n2)c(OC)c1. The minimum atomic E-state index is -0.690. The van der Waals surface area contributed by atoms with Crippen molar-refractivity contribution in [1.82, 2.24) is 15.0 Å². The Morgan fingerprint density at radius 3 is 2.61 bits per heavy atom. The second-order valence-electron chi connectivity index (χ2n) is 7.51. The standard InChI is InChI=1S/C25H25N3O5/c1-16(32-21-11-7-9-17-8-5-6-10-19(17)21)25(29)28(2)15-23-26-24(27-33-23)20-13-12-18(30-3)14-22(20)31-4/h5-14,16H,15H2,1-4H3. The summed E-state index contributed by atoms with van der Waals surface area (Å²) in [5.41, 5.74) is 0.662. The molecule has 3 aromatic carbocycles. The second kappa shape index (κ2) is 9.60. The fourth-order valence-corrected chi connectivity index (χ4v) is 3.54. The number of amides is 1. The molecule has 1 amide bonds. The van der Waals surface area contributed by atoms with Crippen LogP contribution in [0.5, 0.6) is 17.2 Å². The molecule has 0 radical (unpaired) electrons. The molecule has 170 valence electrons. The fourth-order valence-electron chi connectivity index (χ4n) is 3.54. The molecule has 4 aromatic rings. The lowest BCUT2D eigenvalue weighted by Crippen LogP contribution is -2.37. The molecule has 0 saturated carbocycles. The second-order valence-corrected chi connectivity index (χ2v) is 7.51. The Bertz CT molecular complexity index is 1260. The van der Waals surface area contributed by atoms with Crippen molar-refractivity contribution in [3.05, 3.63) is 66.6 Å². The van der Waals surface area contributed by atoms with Gasteiger partial charge < -0.3 is 23.6 Å². The van der Waals surface area contributed by atoms with Gasteiger partial charge in [0.1, 0.15) is 17.2 Å². The average Bonchev–Trinajstić information content (AvgIpc) is 3.31. The highest BCUT2D eigenvalue weighted by Gasteiger charge is 2.23. The summed E-state index contributed by atoms with van der Waals surface area (Å²) in [5.74, 6) is 2.34. The van der Waals surface area contributed by atoms with Gasteiger partial charge in [0.25, 0.3) is 5.91 Å². The molecular formula is C25H25N3O5. The molecule has 8 heteroatoms. The number of carbonyl (C=O) groups excluding carboxylic acids is 1. The highest BCUT2D eigenvalue weighted by Crippen LogP contribution is 2.31. The summed E-state index contributed by atoms with van der Waals surface area (Å²) < 4.78 is 22.0. The van der Waals surface area contributed by atoms with Crippen molar-refractivity contribution in [2.24, 2.45) is 0 Å². The topological polar surface area (TPSA) is 86.9 Å². The number of carbonyl (C=O) groups is 1. The van der Waals surface area contributed by atoms with Gasteiger partial charge in [-0.15, -0.1) is 0 Å². The van der Waals surface area contributed by atoms with Crippen LogP contribution in [0.4, 0.5) is 0 Å². The third-order valence-electron chi connectivity index (χ3n) is 5.27. The number of ether oxygens (including phenoxy) is 3. The van der Waals surface area contributed by atoms with Gasteiger partial charge in [-0.25, -0.2) is 0 Å². The van der Waals surface area contributed by atoms with E-state index in [1.54, 1.807) is 46.4 Å². The van der Waals surface area contributed by atoms with E-state index in [1.165, 1.54) is 4.90 Å². The van der Waals surface area contributed by atoms with Gasteiger partial charge in [0.05, 0.1) is 26.3 Å². The first kappa shape index (κ1) is 22.1. The van der Waals surface area contributed by atoms with E-state index in [4.69, 9.17) is 18.7 Å². The van der Waals surface area contributed by atoms with Crippen LogP contribution in [0.2, 0.25) is 0 Å². The molecule has 4 rings (SSSR count). The number of fused-ring (bicyclic) bond motifs is 1. The Morgan fingerprint density at radius 1 is 1.03 bits per heavy atom. The Kier molecular flexibility index (Phi) is 6.44. The molecule has 1 atom stereocenters. The lowest BCUT2D eigenvalue weighted by Gasteiger charge is -2.21. The smallest absolute Gasteiger partial charge is 0.263 e. The van der Waals surface area contributed by atoms with Gasteiger partial charge in [-0.05, 0) is 30.5 Å². The van der Waals surface area contributed by atoms with Gasteiger partial charge in [0.15, 0.2) is 6.10 Å². The summed E-state index contributed by atoms with van der Waals surface area (Å²) in [4.78, 5) is 18.8. The van der Waals surface area contributed by atoms with E-state index < -0.39 is 6.10 Å². The lowest BCUT2D eigenvalue weighted by molar-refractivity contribution is -0.137. The molecule has 0 fully saturated rings. The molecular weight excluding hydrogens is 422 g/mol. The number of nitrogens with zero attached hydrogens (tertiary/aromatic N) is 3. The van der Waals surface area contributed by atoms with Crippen LogP contribution < -0.4 is 14.2 Å². The summed E-state index contributed by atoms with van der Waals surface area (Å²) in [5, 5.41) is 6.04. The summed E-state index contributed by atoms with van der Waals surface area (Å²) in [7, 11) is 4.81. The van der Waals surface area contributed by atoms with Crippen LogP contribution in [0.25, 0.3) is 22.2 Å². The predicted molar refractivity (Wildman–Crippen MR) is 123 cm³/mol. The van der Waals surface area contributed by atoms with Crippen molar-refractivity contribution in [3.63, 3.8) is 0 Å². The maximum atomic E-state index is 12.9. The normalized spacial score (nSPS) is 11.8. The number of rotatable bonds is 8. The fraction of sp³-hybridized carbons (Fsp3) is 0.240. The summed E-state index contributed by atoms with van der Waals surface area (Å²) in [6.07, 6.45) is -0.690. The number of benzene rings is 3. The van der Waals surface area contributed by atoms with E-state index in [2.05, 4.69) is 10.1 Å².